The van der Waals surface area contributed by atoms with Crippen molar-refractivity contribution >= 4 is 0 Å². The summed E-state index contributed by atoms with van der Waals surface area (Å²) < 4.78 is 0. The highest BCUT2D eigenvalue weighted by Gasteiger charge is 2.41. The van der Waals surface area contributed by atoms with Gasteiger partial charge in [-0.15, -0.1) is 0 Å². The summed E-state index contributed by atoms with van der Waals surface area (Å²) in [5.41, 5.74) is 3.41. The lowest BCUT2D eigenvalue weighted by molar-refractivity contribution is 0.0567. The molecule has 1 spiro atoms. The molecule has 4 heteroatoms. The Morgan fingerprint density at radius 3 is 2.75 bits per heavy atom. The van der Waals surface area contributed by atoms with Crippen molar-refractivity contribution in [1.29, 1.82) is 0 Å². The third kappa shape index (κ3) is 2.42. The van der Waals surface area contributed by atoms with E-state index in [0.717, 1.165) is 43.1 Å². The summed E-state index contributed by atoms with van der Waals surface area (Å²) in [6.07, 6.45) is 5.18. The van der Waals surface area contributed by atoms with Crippen LogP contribution in [0, 0.1) is 13.8 Å². The average Bonchev–Trinajstić information content (AvgIpc) is 2.85. The second kappa shape index (κ2) is 5.34. The van der Waals surface area contributed by atoms with E-state index in [1.807, 2.05) is 13.8 Å². The number of piperazine rings is 1. The van der Waals surface area contributed by atoms with Crippen molar-refractivity contribution < 1.29 is 0 Å². The summed E-state index contributed by atoms with van der Waals surface area (Å²) in [4.78, 5) is 18.1. The van der Waals surface area contributed by atoms with Gasteiger partial charge in [-0.05, 0) is 26.7 Å². The molecule has 1 saturated heterocycles. The van der Waals surface area contributed by atoms with Gasteiger partial charge in [-0.25, -0.2) is 0 Å². The van der Waals surface area contributed by atoms with Crippen LogP contribution in [0.5, 0.6) is 0 Å². The van der Waals surface area contributed by atoms with Crippen LogP contribution < -0.4 is 10.7 Å². The fraction of sp³-hybridized carbons (Fsp3) is 0.688. The number of aryl methyl sites for hydroxylation is 2. The van der Waals surface area contributed by atoms with Crippen molar-refractivity contribution in [3.63, 3.8) is 0 Å². The van der Waals surface area contributed by atoms with Crippen LogP contribution in [-0.4, -0.2) is 35.1 Å². The van der Waals surface area contributed by atoms with Gasteiger partial charge in [0.15, 0.2) is 5.43 Å². The predicted octanol–water partition coefficient (Wildman–Crippen LogP) is 1.71. The SMILES string of the molecule is Cc1cc(=O)c(CN2CCNCC23CCCC3)c(C)[nH]1. The molecule has 0 radical (unpaired) electrons. The van der Waals surface area contributed by atoms with Crippen LogP contribution in [0.4, 0.5) is 0 Å². The van der Waals surface area contributed by atoms with E-state index >= 15 is 0 Å². The highest BCUT2D eigenvalue weighted by Crippen LogP contribution is 2.36. The fourth-order valence-corrected chi connectivity index (χ4v) is 3.92. The molecular formula is C16H25N3O. The van der Waals surface area contributed by atoms with Crippen LogP contribution >= 0.6 is 0 Å². The predicted molar refractivity (Wildman–Crippen MR) is 81.0 cm³/mol. The number of pyridine rings is 1. The highest BCUT2D eigenvalue weighted by molar-refractivity contribution is 5.22. The minimum absolute atomic E-state index is 0.186. The molecule has 2 aliphatic rings. The summed E-state index contributed by atoms with van der Waals surface area (Å²) in [5.74, 6) is 0. The molecule has 0 bridgehead atoms. The third-order valence-corrected chi connectivity index (χ3v) is 5.05. The molecule has 0 unspecified atom stereocenters. The fourth-order valence-electron chi connectivity index (χ4n) is 3.92. The van der Waals surface area contributed by atoms with Gasteiger partial charge in [0.1, 0.15) is 0 Å². The summed E-state index contributed by atoms with van der Waals surface area (Å²) >= 11 is 0. The van der Waals surface area contributed by atoms with E-state index in [0.29, 0.717) is 5.54 Å². The van der Waals surface area contributed by atoms with E-state index in [4.69, 9.17) is 0 Å². The van der Waals surface area contributed by atoms with Crippen molar-refractivity contribution in [2.45, 2.75) is 51.6 Å². The lowest BCUT2D eigenvalue weighted by atomic mass is 9.92. The van der Waals surface area contributed by atoms with Crippen LogP contribution in [0.25, 0.3) is 0 Å². The Morgan fingerprint density at radius 1 is 1.30 bits per heavy atom. The summed E-state index contributed by atoms with van der Waals surface area (Å²) in [6, 6.07) is 1.73. The molecule has 2 heterocycles. The van der Waals surface area contributed by atoms with Crippen LogP contribution in [-0.2, 0) is 6.54 Å². The first-order chi connectivity index (χ1) is 9.61. The first kappa shape index (κ1) is 13.8. The molecule has 1 aliphatic heterocycles. The lowest BCUT2D eigenvalue weighted by Crippen LogP contribution is -2.59. The Bertz CT molecular complexity index is 543. The van der Waals surface area contributed by atoms with Gasteiger partial charge in [0.25, 0.3) is 0 Å². The number of aromatic nitrogens is 1. The molecule has 0 atom stereocenters. The number of hydrogen-bond donors (Lipinski definition) is 2. The van der Waals surface area contributed by atoms with Gasteiger partial charge in [0.2, 0.25) is 0 Å². The smallest absolute Gasteiger partial charge is 0.186 e. The first-order valence-electron chi connectivity index (χ1n) is 7.76. The maximum Gasteiger partial charge on any atom is 0.186 e. The number of nitrogens with one attached hydrogen (secondary N) is 2. The maximum absolute atomic E-state index is 12.3. The topological polar surface area (TPSA) is 48.1 Å². The summed E-state index contributed by atoms with van der Waals surface area (Å²) in [5, 5.41) is 3.54. The van der Waals surface area contributed by atoms with Crippen LogP contribution in [0.2, 0.25) is 0 Å². The Balaban J connectivity index is 1.88. The van der Waals surface area contributed by atoms with E-state index in [-0.39, 0.29) is 5.43 Å². The number of hydrogen-bond acceptors (Lipinski definition) is 3. The van der Waals surface area contributed by atoms with Crippen molar-refractivity contribution in [3.05, 3.63) is 33.2 Å². The van der Waals surface area contributed by atoms with E-state index in [9.17, 15) is 4.79 Å². The second-order valence-electron chi connectivity index (χ2n) is 6.45. The van der Waals surface area contributed by atoms with Gasteiger partial charge in [-0.1, -0.05) is 12.8 Å². The van der Waals surface area contributed by atoms with E-state index in [1.165, 1.54) is 25.7 Å². The van der Waals surface area contributed by atoms with E-state index in [1.54, 1.807) is 6.07 Å². The molecule has 0 amide bonds. The van der Waals surface area contributed by atoms with Crippen LogP contribution in [0.1, 0.15) is 42.6 Å². The second-order valence-corrected chi connectivity index (χ2v) is 6.45. The zero-order valence-corrected chi connectivity index (χ0v) is 12.6. The Hall–Kier alpha value is -1.13. The normalized spacial score (nSPS) is 22.5. The van der Waals surface area contributed by atoms with Gasteiger partial charge < -0.3 is 10.3 Å². The van der Waals surface area contributed by atoms with Crippen LogP contribution in [0.3, 0.4) is 0 Å². The summed E-state index contributed by atoms with van der Waals surface area (Å²) in [7, 11) is 0. The molecule has 2 fully saturated rings. The number of rotatable bonds is 2. The molecule has 1 aromatic rings. The maximum atomic E-state index is 12.3. The lowest BCUT2D eigenvalue weighted by Gasteiger charge is -2.45. The largest absolute Gasteiger partial charge is 0.362 e. The van der Waals surface area contributed by atoms with Gasteiger partial charge in [-0.2, -0.15) is 0 Å². The van der Waals surface area contributed by atoms with Gasteiger partial charge in [-0.3, -0.25) is 9.69 Å². The standard InChI is InChI=1S/C16H25N3O/c1-12-9-15(20)14(13(2)18-12)10-19-8-7-17-11-16(19)5-3-4-6-16/h9,17H,3-8,10-11H2,1-2H3,(H,18,20). The summed E-state index contributed by atoms with van der Waals surface area (Å²) in [6.45, 7) is 7.92. The minimum Gasteiger partial charge on any atom is -0.362 e. The van der Waals surface area contributed by atoms with Crippen LogP contribution in [0.15, 0.2) is 10.9 Å². The monoisotopic (exact) mass is 275 g/mol. The van der Waals surface area contributed by atoms with Crippen molar-refractivity contribution in [1.82, 2.24) is 15.2 Å². The molecular weight excluding hydrogens is 250 g/mol. The number of aromatic amines is 1. The van der Waals surface area contributed by atoms with Crippen molar-refractivity contribution in [3.8, 4) is 0 Å². The minimum atomic E-state index is 0.186. The molecule has 2 N–H and O–H groups in total. The van der Waals surface area contributed by atoms with Gasteiger partial charge in [0, 0.05) is 54.7 Å². The van der Waals surface area contributed by atoms with Gasteiger partial charge in [0.05, 0.1) is 0 Å². The third-order valence-electron chi connectivity index (χ3n) is 5.05. The molecule has 4 nitrogen and oxygen atoms in total. The Labute approximate surface area is 120 Å². The zero-order valence-electron chi connectivity index (χ0n) is 12.6. The molecule has 20 heavy (non-hydrogen) atoms. The highest BCUT2D eigenvalue weighted by atomic mass is 16.1. The molecule has 1 aromatic heterocycles. The molecule has 1 saturated carbocycles. The van der Waals surface area contributed by atoms with Gasteiger partial charge >= 0.3 is 0 Å². The quantitative estimate of drug-likeness (QED) is 0.864. The van der Waals surface area contributed by atoms with Crippen molar-refractivity contribution in [2.75, 3.05) is 19.6 Å². The van der Waals surface area contributed by atoms with E-state index < -0.39 is 0 Å². The molecule has 0 aromatic carbocycles. The Kier molecular flexibility index (Phi) is 3.69. The Morgan fingerprint density at radius 2 is 2.05 bits per heavy atom. The number of H-pyrrole nitrogens is 1. The average molecular weight is 275 g/mol. The molecule has 1 aliphatic carbocycles. The van der Waals surface area contributed by atoms with Crippen molar-refractivity contribution in [2.24, 2.45) is 0 Å². The number of nitrogens with zero attached hydrogens (tertiary/aromatic N) is 1. The first-order valence-corrected chi connectivity index (χ1v) is 7.76. The molecule has 3 rings (SSSR count). The molecule has 110 valence electrons. The van der Waals surface area contributed by atoms with E-state index in [2.05, 4.69) is 15.2 Å². The zero-order chi connectivity index (χ0) is 14.2.